The Bertz CT molecular complexity index is 451. The Morgan fingerprint density at radius 2 is 2.25 bits per heavy atom. The van der Waals surface area contributed by atoms with Crippen molar-refractivity contribution in [1.82, 2.24) is 0 Å². The molecule has 1 atom stereocenters. The SMILES string of the molecule is N#Cc1ccc(C(O)/C=C(\O)CO)cc1F. The van der Waals surface area contributed by atoms with E-state index in [-0.39, 0.29) is 11.1 Å². The zero-order valence-electron chi connectivity index (χ0n) is 8.26. The molecule has 4 nitrogen and oxygen atoms in total. The van der Waals surface area contributed by atoms with Gasteiger partial charge < -0.3 is 15.3 Å². The molecule has 84 valence electrons. The van der Waals surface area contributed by atoms with Gasteiger partial charge in [-0.2, -0.15) is 5.26 Å². The lowest BCUT2D eigenvalue weighted by Crippen LogP contribution is -1.99. The maximum Gasteiger partial charge on any atom is 0.141 e. The Balaban J connectivity index is 2.98. The first-order chi connectivity index (χ1) is 7.58. The van der Waals surface area contributed by atoms with Crippen LogP contribution in [0.25, 0.3) is 0 Å². The van der Waals surface area contributed by atoms with Crippen LogP contribution in [0.15, 0.2) is 30.0 Å². The molecule has 0 spiro atoms. The summed E-state index contributed by atoms with van der Waals surface area (Å²) >= 11 is 0. The topological polar surface area (TPSA) is 84.5 Å². The quantitative estimate of drug-likeness (QED) is 0.671. The number of hydrogen-bond donors (Lipinski definition) is 3. The lowest BCUT2D eigenvalue weighted by molar-refractivity contribution is 0.207. The molecule has 0 aliphatic heterocycles. The summed E-state index contributed by atoms with van der Waals surface area (Å²) in [6.07, 6.45) is -0.240. The van der Waals surface area contributed by atoms with Gasteiger partial charge in [0.25, 0.3) is 0 Å². The highest BCUT2D eigenvalue weighted by Crippen LogP contribution is 2.18. The van der Waals surface area contributed by atoms with Crippen LogP contribution < -0.4 is 0 Å². The molecule has 0 bridgehead atoms. The van der Waals surface area contributed by atoms with Gasteiger partial charge in [-0.05, 0) is 23.8 Å². The Kier molecular flexibility index (Phi) is 4.00. The lowest BCUT2D eigenvalue weighted by Gasteiger charge is -2.07. The predicted molar refractivity (Wildman–Crippen MR) is 53.9 cm³/mol. The van der Waals surface area contributed by atoms with Crippen molar-refractivity contribution in [2.75, 3.05) is 6.61 Å². The summed E-state index contributed by atoms with van der Waals surface area (Å²) in [7, 11) is 0. The van der Waals surface area contributed by atoms with Crippen LogP contribution in [0.4, 0.5) is 4.39 Å². The van der Waals surface area contributed by atoms with Crippen LogP contribution in [0.3, 0.4) is 0 Å². The number of benzene rings is 1. The third kappa shape index (κ3) is 2.79. The maximum absolute atomic E-state index is 13.2. The van der Waals surface area contributed by atoms with Gasteiger partial charge in [0.05, 0.1) is 12.2 Å². The third-order valence-electron chi connectivity index (χ3n) is 1.97. The van der Waals surface area contributed by atoms with E-state index >= 15 is 0 Å². The fraction of sp³-hybridized carbons (Fsp3) is 0.182. The van der Waals surface area contributed by atoms with Crippen LogP contribution in [0.2, 0.25) is 0 Å². The molecule has 1 rings (SSSR count). The summed E-state index contributed by atoms with van der Waals surface area (Å²) in [5, 5.41) is 35.5. The molecule has 0 aliphatic rings. The van der Waals surface area contributed by atoms with Gasteiger partial charge in [-0.1, -0.05) is 6.07 Å². The molecule has 1 aromatic carbocycles. The minimum absolute atomic E-state index is 0.119. The second-order valence-corrected chi connectivity index (χ2v) is 3.11. The van der Waals surface area contributed by atoms with Gasteiger partial charge in [0, 0.05) is 0 Å². The zero-order chi connectivity index (χ0) is 12.1. The molecular weight excluding hydrogens is 213 g/mol. The molecule has 0 aromatic heterocycles. The highest BCUT2D eigenvalue weighted by atomic mass is 19.1. The van der Waals surface area contributed by atoms with Crippen molar-refractivity contribution in [3.8, 4) is 6.07 Å². The fourth-order valence-corrected chi connectivity index (χ4v) is 1.14. The Labute approximate surface area is 91.5 Å². The van der Waals surface area contributed by atoms with Crippen LogP contribution in [0.5, 0.6) is 0 Å². The average molecular weight is 223 g/mol. The standard InChI is InChI=1S/C11H10FNO3/c12-10-3-7(1-2-8(10)5-13)11(16)4-9(15)6-14/h1-4,11,14-16H,6H2/b9-4-. The van der Waals surface area contributed by atoms with Crippen LogP contribution in [0, 0.1) is 17.1 Å². The average Bonchev–Trinajstić information content (AvgIpc) is 2.28. The molecule has 0 saturated carbocycles. The van der Waals surface area contributed by atoms with E-state index in [9.17, 15) is 9.50 Å². The number of nitriles is 1. The molecule has 0 amide bonds. The van der Waals surface area contributed by atoms with Gasteiger partial charge in [-0.15, -0.1) is 0 Å². The number of nitrogens with zero attached hydrogens (tertiary/aromatic N) is 1. The van der Waals surface area contributed by atoms with Crippen molar-refractivity contribution < 1.29 is 19.7 Å². The Hall–Kier alpha value is -1.90. The minimum Gasteiger partial charge on any atom is -0.510 e. The van der Waals surface area contributed by atoms with Crippen molar-refractivity contribution in [2.45, 2.75) is 6.10 Å². The third-order valence-corrected chi connectivity index (χ3v) is 1.97. The number of aliphatic hydroxyl groups excluding tert-OH is 3. The van der Waals surface area contributed by atoms with Gasteiger partial charge in [-0.25, -0.2) is 4.39 Å². The summed E-state index contributed by atoms with van der Waals surface area (Å²) in [6, 6.07) is 5.26. The van der Waals surface area contributed by atoms with E-state index in [1.165, 1.54) is 12.1 Å². The second kappa shape index (κ2) is 5.26. The molecule has 0 heterocycles. The highest BCUT2D eigenvalue weighted by molar-refractivity contribution is 5.35. The van der Waals surface area contributed by atoms with Crippen molar-refractivity contribution in [1.29, 1.82) is 5.26 Å². The predicted octanol–water partition coefficient (Wildman–Crippen LogP) is 1.16. The molecule has 0 fully saturated rings. The summed E-state index contributed by atoms with van der Waals surface area (Å²) in [6.45, 7) is -0.601. The van der Waals surface area contributed by atoms with E-state index < -0.39 is 24.3 Å². The summed E-state index contributed by atoms with van der Waals surface area (Å²) in [5.74, 6) is -1.15. The molecule has 0 saturated heterocycles. The lowest BCUT2D eigenvalue weighted by atomic mass is 10.1. The van der Waals surface area contributed by atoms with Crippen LogP contribution >= 0.6 is 0 Å². The van der Waals surface area contributed by atoms with E-state index in [4.69, 9.17) is 15.5 Å². The number of aliphatic hydroxyl groups is 3. The van der Waals surface area contributed by atoms with Crippen LogP contribution in [-0.2, 0) is 0 Å². The first-order valence-corrected chi connectivity index (χ1v) is 4.46. The summed E-state index contributed by atoms with van der Waals surface area (Å²) in [5.41, 5.74) is 0.0720. The second-order valence-electron chi connectivity index (χ2n) is 3.11. The molecular formula is C11H10FNO3. The smallest absolute Gasteiger partial charge is 0.141 e. The minimum atomic E-state index is -1.23. The molecule has 1 unspecified atom stereocenters. The molecule has 0 radical (unpaired) electrons. The molecule has 5 heteroatoms. The number of halogens is 1. The Morgan fingerprint density at radius 3 is 2.75 bits per heavy atom. The number of hydrogen-bond acceptors (Lipinski definition) is 4. The van der Waals surface area contributed by atoms with Gasteiger partial charge >= 0.3 is 0 Å². The van der Waals surface area contributed by atoms with Crippen molar-refractivity contribution in [3.63, 3.8) is 0 Å². The van der Waals surface area contributed by atoms with Gasteiger partial charge in [0.2, 0.25) is 0 Å². The molecule has 3 N–H and O–H groups in total. The van der Waals surface area contributed by atoms with Crippen molar-refractivity contribution >= 4 is 0 Å². The fourth-order valence-electron chi connectivity index (χ4n) is 1.14. The van der Waals surface area contributed by atoms with E-state index in [0.717, 1.165) is 12.1 Å². The van der Waals surface area contributed by atoms with Crippen LogP contribution in [-0.4, -0.2) is 21.9 Å². The molecule has 1 aromatic rings. The van der Waals surface area contributed by atoms with E-state index in [0.29, 0.717) is 0 Å². The first kappa shape index (κ1) is 12.2. The van der Waals surface area contributed by atoms with Crippen molar-refractivity contribution in [3.05, 3.63) is 47.0 Å². The zero-order valence-corrected chi connectivity index (χ0v) is 8.26. The largest absolute Gasteiger partial charge is 0.510 e. The molecule has 16 heavy (non-hydrogen) atoms. The monoisotopic (exact) mass is 223 g/mol. The van der Waals surface area contributed by atoms with Gasteiger partial charge in [0.1, 0.15) is 23.7 Å². The van der Waals surface area contributed by atoms with Crippen LogP contribution in [0.1, 0.15) is 17.2 Å². The first-order valence-electron chi connectivity index (χ1n) is 4.46. The highest BCUT2D eigenvalue weighted by Gasteiger charge is 2.09. The van der Waals surface area contributed by atoms with Crippen molar-refractivity contribution in [2.24, 2.45) is 0 Å². The maximum atomic E-state index is 13.2. The van der Waals surface area contributed by atoms with Gasteiger partial charge in [0.15, 0.2) is 0 Å². The normalized spacial score (nSPS) is 13.2. The van der Waals surface area contributed by atoms with E-state index in [1.54, 1.807) is 6.07 Å². The van der Waals surface area contributed by atoms with Gasteiger partial charge in [-0.3, -0.25) is 0 Å². The summed E-state index contributed by atoms with van der Waals surface area (Å²) < 4.78 is 13.2. The van der Waals surface area contributed by atoms with E-state index in [2.05, 4.69) is 0 Å². The summed E-state index contributed by atoms with van der Waals surface area (Å²) in [4.78, 5) is 0. The number of rotatable bonds is 3. The molecule has 0 aliphatic carbocycles. The Morgan fingerprint density at radius 1 is 1.56 bits per heavy atom. The van der Waals surface area contributed by atoms with E-state index in [1.807, 2.05) is 0 Å².